The molecule has 18 atom stereocenters. The van der Waals surface area contributed by atoms with Crippen LogP contribution in [0.2, 0.25) is 0 Å². The summed E-state index contributed by atoms with van der Waals surface area (Å²) in [6.07, 6.45) is -29.4. The van der Waals surface area contributed by atoms with Crippen molar-refractivity contribution in [2.24, 2.45) is 0 Å². The third-order valence-corrected chi connectivity index (χ3v) is 7.21. The van der Waals surface area contributed by atoms with Crippen molar-refractivity contribution in [2.45, 2.75) is 110 Å². The predicted octanol–water partition coefficient (Wildman–Crippen LogP) is -11.5. The van der Waals surface area contributed by atoms with Gasteiger partial charge in [-0.05, 0) is 0 Å². The molecule has 0 bridgehead atoms. The van der Waals surface area contributed by atoms with E-state index in [0.29, 0.717) is 0 Å². The van der Waals surface area contributed by atoms with Crippen molar-refractivity contribution in [2.75, 3.05) is 39.6 Å². The Kier molecular flexibility index (Phi) is 19.3. The highest BCUT2D eigenvalue weighted by Gasteiger charge is 2.46. The molecule has 0 aliphatic carbocycles. The van der Waals surface area contributed by atoms with Gasteiger partial charge in [-0.25, -0.2) is 0 Å². The molecular weight excluding hydrogens is 640 g/mol. The molecule has 18 N–H and O–H groups in total. The summed E-state index contributed by atoms with van der Waals surface area (Å²) in [5.74, 6) is 0. The molecule has 276 valence electrons. The average molecular weight is 689 g/mol. The van der Waals surface area contributed by atoms with Crippen LogP contribution >= 0.6 is 0 Å². The number of hydrogen-bond donors (Lipinski definition) is 18. The van der Waals surface area contributed by atoms with Gasteiger partial charge in [0.25, 0.3) is 0 Å². The Labute approximate surface area is 261 Å². The second kappa shape index (κ2) is 20.6. The van der Waals surface area contributed by atoms with Crippen LogP contribution in [0.4, 0.5) is 0 Å². The Morgan fingerprint density at radius 2 is 0.696 bits per heavy atom. The van der Waals surface area contributed by atoms with E-state index in [4.69, 9.17) is 39.4 Å². The van der Waals surface area contributed by atoms with E-state index in [1.165, 1.54) is 0 Å². The average Bonchev–Trinajstić information content (AvgIpc) is 3.06. The fraction of sp³-hybridized carbons (Fsp3) is 1.00. The lowest BCUT2D eigenvalue weighted by Gasteiger charge is -2.40. The van der Waals surface area contributed by atoms with Crippen molar-refractivity contribution in [3.8, 4) is 0 Å². The highest BCUT2D eigenvalue weighted by Crippen LogP contribution is 2.23. The van der Waals surface area contributed by atoms with Gasteiger partial charge in [0, 0.05) is 0 Å². The van der Waals surface area contributed by atoms with Crippen molar-refractivity contribution in [1.82, 2.24) is 0 Å². The molecule has 2 aliphatic heterocycles. The molecule has 0 radical (unpaired) electrons. The number of rotatable bonds is 16. The molecule has 2 saturated heterocycles. The van der Waals surface area contributed by atoms with Gasteiger partial charge >= 0.3 is 0 Å². The minimum Gasteiger partial charge on any atom is -0.394 e. The van der Waals surface area contributed by atoms with Crippen LogP contribution in [-0.4, -0.2) is 242 Å². The van der Waals surface area contributed by atoms with E-state index in [1.54, 1.807) is 0 Å². The number of aliphatic hydroxyl groups excluding tert-OH is 18. The molecule has 2 rings (SSSR count). The number of ether oxygens (including phenoxy) is 4. The maximum absolute atomic E-state index is 9.70. The molecule has 2 fully saturated rings. The molecule has 12 unspecified atom stereocenters. The topological polar surface area (TPSA) is 401 Å². The molecule has 0 spiro atoms. The molecular formula is C24H48O22. The molecule has 2 aliphatic rings. The van der Waals surface area contributed by atoms with Crippen molar-refractivity contribution in [3.63, 3.8) is 0 Å². The normalized spacial score (nSPS) is 37.2. The van der Waals surface area contributed by atoms with Crippen molar-refractivity contribution in [1.29, 1.82) is 0 Å². The third-order valence-electron chi connectivity index (χ3n) is 7.21. The lowest BCUT2D eigenvalue weighted by atomic mass is 9.99. The minimum absolute atomic E-state index is 0.655. The second-order valence-corrected chi connectivity index (χ2v) is 10.7. The molecule has 22 nitrogen and oxygen atoms in total. The molecule has 2 heterocycles. The summed E-state index contributed by atoms with van der Waals surface area (Å²) in [6, 6.07) is 0. The summed E-state index contributed by atoms with van der Waals surface area (Å²) in [7, 11) is 0. The SMILES string of the molecule is OCC(O)C(O)C(O)C(O)CO[C@H]1OC(CO)[C@@H](O)[C@@H](O)C1O.OCC(O)C(O)C(O)C(O)CO[C@H]1OC(CO)[C@@H](O)[C@@H](O)C1O. The highest BCUT2D eigenvalue weighted by atomic mass is 16.7. The molecule has 22 heteroatoms. The van der Waals surface area contributed by atoms with Crippen LogP contribution in [0.25, 0.3) is 0 Å². The highest BCUT2D eigenvalue weighted by molar-refractivity contribution is 4.90. The van der Waals surface area contributed by atoms with Gasteiger partial charge in [-0.1, -0.05) is 0 Å². The lowest BCUT2D eigenvalue weighted by molar-refractivity contribution is -0.306. The molecule has 0 aromatic rings. The first kappa shape index (κ1) is 43.1. The largest absolute Gasteiger partial charge is 0.394 e. The summed E-state index contributed by atoms with van der Waals surface area (Å²) >= 11 is 0. The summed E-state index contributed by atoms with van der Waals surface area (Å²) in [6.45, 7) is -4.32. The Hall–Kier alpha value is -0.880. The van der Waals surface area contributed by atoms with Crippen LogP contribution in [-0.2, 0) is 18.9 Å². The number of hydrogen-bond acceptors (Lipinski definition) is 22. The maximum Gasteiger partial charge on any atom is 0.186 e. The smallest absolute Gasteiger partial charge is 0.186 e. The summed E-state index contributed by atoms with van der Waals surface area (Å²) in [5, 5.41) is 169. The van der Waals surface area contributed by atoms with Gasteiger partial charge in [0.05, 0.1) is 39.6 Å². The van der Waals surface area contributed by atoms with E-state index in [9.17, 15) is 71.5 Å². The predicted molar refractivity (Wildman–Crippen MR) is 142 cm³/mol. The van der Waals surface area contributed by atoms with E-state index < -0.39 is 150 Å². The van der Waals surface area contributed by atoms with Crippen LogP contribution in [0.3, 0.4) is 0 Å². The van der Waals surface area contributed by atoms with Gasteiger partial charge < -0.3 is 111 Å². The molecule has 46 heavy (non-hydrogen) atoms. The first-order chi connectivity index (χ1) is 21.5. The van der Waals surface area contributed by atoms with E-state index in [0.717, 1.165) is 0 Å². The Morgan fingerprint density at radius 3 is 0.957 bits per heavy atom. The molecule has 0 saturated carbocycles. The maximum atomic E-state index is 9.70. The Morgan fingerprint density at radius 1 is 0.413 bits per heavy atom. The second-order valence-electron chi connectivity index (χ2n) is 10.7. The van der Waals surface area contributed by atoms with Crippen LogP contribution < -0.4 is 0 Å². The first-order valence-corrected chi connectivity index (χ1v) is 14.0. The standard InChI is InChI=1S/2C12H24O11/c2*13-1-4(15)7(17)8(18)5(16)3-22-12-11(21)10(20)9(19)6(2-14)23-12/h2*4-21H,1-3H2/t2*4?,5?,6?,7?,8?,9-,10-,11?,12+/m11/s1. The summed E-state index contributed by atoms with van der Waals surface area (Å²) in [4.78, 5) is 0. The Balaban J connectivity index is 0.000000460. The fourth-order valence-electron chi connectivity index (χ4n) is 4.12. The zero-order valence-electron chi connectivity index (χ0n) is 24.3. The van der Waals surface area contributed by atoms with Crippen molar-refractivity contribution >= 4 is 0 Å². The fourth-order valence-corrected chi connectivity index (χ4v) is 4.12. The molecule has 0 aromatic carbocycles. The van der Waals surface area contributed by atoms with Crippen molar-refractivity contribution in [3.05, 3.63) is 0 Å². The monoisotopic (exact) mass is 688 g/mol. The van der Waals surface area contributed by atoms with E-state index in [2.05, 4.69) is 0 Å². The minimum atomic E-state index is -1.86. The van der Waals surface area contributed by atoms with Crippen molar-refractivity contribution < 1.29 is 111 Å². The van der Waals surface area contributed by atoms with Gasteiger partial charge in [-0.3, -0.25) is 0 Å². The zero-order chi connectivity index (χ0) is 35.5. The van der Waals surface area contributed by atoms with E-state index in [-0.39, 0.29) is 0 Å². The zero-order valence-corrected chi connectivity index (χ0v) is 24.3. The van der Waals surface area contributed by atoms with E-state index >= 15 is 0 Å². The number of aliphatic hydroxyl groups is 18. The summed E-state index contributed by atoms with van der Waals surface area (Å²) < 4.78 is 20.0. The van der Waals surface area contributed by atoms with Crippen LogP contribution in [0.5, 0.6) is 0 Å². The van der Waals surface area contributed by atoms with Crippen LogP contribution in [0, 0.1) is 0 Å². The Bertz CT molecular complexity index is 746. The van der Waals surface area contributed by atoms with Gasteiger partial charge in [-0.15, -0.1) is 0 Å². The molecule has 0 aromatic heterocycles. The van der Waals surface area contributed by atoms with Gasteiger partial charge in [0.1, 0.15) is 97.7 Å². The summed E-state index contributed by atoms with van der Waals surface area (Å²) in [5.41, 5.74) is 0. The van der Waals surface area contributed by atoms with Crippen LogP contribution in [0.15, 0.2) is 0 Å². The molecule has 0 amide bonds. The first-order valence-electron chi connectivity index (χ1n) is 14.0. The third kappa shape index (κ3) is 11.6. The lowest BCUT2D eigenvalue weighted by Crippen LogP contribution is -2.59. The van der Waals surface area contributed by atoms with Gasteiger partial charge in [0.15, 0.2) is 12.6 Å². The quantitative estimate of drug-likeness (QED) is 0.0715. The van der Waals surface area contributed by atoms with Gasteiger partial charge in [-0.2, -0.15) is 0 Å². The van der Waals surface area contributed by atoms with Gasteiger partial charge in [0.2, 0.25) is 0 Å². The van der Waals surface area contributed by atoms with Crippen LogP contribution in [0.1, 0.15) is 0 Å². The van der Waals surface area contributed by atoms with E-state index in [1.807, 2.05) is 0 Å².